The number of hydrogen-bond acceptors (Lipinski definition) is 6. The highest BCUT2D eigenvalue weighted by atomic mass is 19.4. The van der Waals surface area contributed by atoms with E-state index in [-0.39, 0.29) is 22.5 Å². The van der Waals surface area contributed by atoms with Gasteiger partial charge >= 0.3 is 12.4 Å². The molecule has 2 aliphatic heterocycles. The SMILES string of the molecule is O=C(NN1CCOc2ccccc21)c1cnc2c(-c3cc(C(F)(F)F)cc(C(F)(F)F)c3)c(F)ccc2c1N1CCOCC1. The second-order valence-corrected chi connectivity index (χ2v) is 10.1. The number of nitrogens with one attached hydrogen (secondary N) is 1. The molecule has 1 aromatic heterocycles. The summed E-state index contributed by atoms with van der Waals surface area (Å²) in [5.41, 5.74) is -0.776. The van der Waals surface area contributed by atoms with Crippen molar-refractivity contribution >= 4 is 28.2 Å². The standard InChI is InChI=1S/C30H23F7N4O3/c31-22-6-5-20-26(25(22)17-13-18(29(32,33)34)15-19(14-17)30(35,36)37)38-16-21(27(20)40-7-10-43-11-8-40)28(42)39-41-9-12-44-24-4-2-1-3-23(24)41/h1-6,13-16H,7-12H2,(H,39,42). The number of nitrogens with zero attached hydrogens (tertiary/aromatic N) is 3. The molecule has 0 bridgehead atoms. The van der Waals surface area contributed by atoms with Gasteiger partial charge in [0.05, 0.1) is 53.3 Å². The van der Waals surface area contributed by atoms with Crippen molar-refractivity contribution in [1.82, 2.24) is 10.4 Å². The lowest BCUT2D eigenvalue weighted by Gasteiger charge is -2.33. The summed E-state index contributed by atoms with van der Waals surface area (Å²) in [6.07, 6.45) is -9.12. The van der Waals surface area contributed by atoms with Gasteiger partial charge in [-0.2, -0.15) is 26.3 Å². The summed E-state index contributed by atoms with van der Waals surface area (Å²) >= 11 is 0. The molecular weight excluding hydrogens is 597 g/mol. The highest BCUT2D eigenvalue weighted by Gasteiger charge is 2.38. The van der Waals surface area contributed by atoms with Gasteiger partial charge in [0.15, 0.2) is 0 Å². The van der Waals surface area contributed by atoms with E-state index >= 15 is 4.39 Å². The second kappa shape index (κ2) is 11.2. The minimum absolute atomic E-state index is 0.0225. The third-order valence-corrected chi connectivity index (χ3v) is 7.37. The Morgan fingerprint density at radius 1 is 0.864 bits per heavy atom. The fourth-order valence-electron chi connectivity index (χ4n) is 5.36. The van der Waals surface area contributed by atoms with Crippen LogP contribution in [0, 0.1) is 5.82 Å². The summed E-state index contributed by atoms with van der Waals surface area (Å²) in [5.74, 6) is -1.10. The minimum Gasteiger partial charge on any atom is -0.489 e. The molecule has 0 atom stereocenters. The van der Waals surface area contributed by atoms with Crippen molar-refractivity contribution in [1.29, 1.82) is 0 Å². The van der Waals surface area contributed by atoms with Gasteiger partial charge in [0.25, 0.3) is 5.91 Å². The number of benzene rings is 3. The molecular formula is C30H23F7N4O3. The van der Waals surface area contributed by atoms with Crippen molar-refractivity contribution in [3.05, 3.63) is 83.3 Å². The van der Waals surface area contributed by atoms with Crippen LogP contribution in [0.5, 0.6) is 5.75 Å². The first kappa shape index (κ1) is 29.5. The van der Waals surface area contributed by atoms with Gasteiger partial charge in [0, 0.05) is 30.2 Å². The average molecular weight is 621 g/mol. The summed E-state index contributed by atoms with van der Waals surface area (Å²) < 4.78 is 108. The molecule has 1 fully saturated rings. The number of aromatic nitrogens is 1. The largest absolute Gasteiger partial charge is 0.489 e. The number of amides is 1. The van der Waals surface area contributed by atoms with Gasteiger partial charge in [0.2, 0.25) is 0 Å². The quantitative estimate of drug-likeness (QED) is 0.265. The van der Waals surface area contributed by atoms with E-state index in [0.717, 1.165) is 12.3 Å². The first-order chi connectivity index (χ1) is 20.9. The lowest BCUT2D eigenvalue weighted by molar-refractivity contribution is -0.143. The Hall–Kier alpha value is -4.59. The van der Waals surface area contributed by atoms with Gasteiger partial charge in [-0.1, -0.05) is 12.1 Å². The molecule has 0 aliphatic carbocycles. The summed E-state index contributed by atoms with van der Waals surface area (Å²) in [4.78, 5) is 19.8. The predicted octanol–water partition coefficient (Wildman–Crippen LogP) is 6.46. The molecule has 0 spiro atoms. The number of halogens is 7. The smallest absolute Gasteiger partial charge is 0.416 e. The lowest BCUT2D eigenvalue weighted by atomic mass is 9.95. The Morgan fingerprint density at radius 3 is 2.23 bits per heavy atom. The lowest BCUT2D eigenvalue weighted by Crippen LogP contribution is -2.47. The maximum absolute atomic E-state index is 15.4. The third kappa shape index (κ3) is 5.56. The maximum Gasteiger partial charge on any atom is 0.416 e. The zero-order valence-corrected chi connectivity index (χ0v) is 22.7. The van der Waals surface area contributed by atoms with E-state index < -0.39 is 46.3 Å². The molecule has 14 heteroatoms. The Balaban J connectivity index is 1.51. The van der Waals surface area contributed by atoms with Crippen molar-refractivity contribution in [3.63, 3.8) is 0 Å². The average Bonchev–Trinajstić information content (AvgIpc) is 3.00. The Bertz CT molecular complexity index is 1700. The van der Waals surface area contributed by atoms with Gasteiger partial charge in [-0.3, -0.25) is 20.2 Å². The highest BCUT2D eigenvalue weighted by Crippen LogP contribution is 2.42. The third-order valence-electron chi connectivity index (χ3n) is 7.37. The first-order valence-electron chi connectivity index (χ1n) is 13.5. The number of morpholine rings is 1. The van der Waals surface area contributed by atoms with Gasteiger partial charge < -0.3 is 14.4 Å². The normalized spacial score (nSPS) is 15.6. The Labute approximate surface area is 245 Å². The van der Waals surface area contributed by atoms with Crippen LogP contribution in [0.1, 0.15) is 21.5 Å². The number of para-hydroxylation sites is 2. The van der Waals surface area contributed by atoms with E-state index in [4.69, 9.17) is 9.47 Å². The Kier molecular flexibility index (Phi) is 7.48. The number of carbonyl (C=O) groups excluding carboxylic acids is 1. The molecule has 3 heterocycles. The van der Waals surface area contributed by atoms with Crippen LogP contribution < -0.4 is 20.1 Å². The van der Waals surface area contributed by atoms with Gasteiger partial charge in [-0.15, -0.1) is 0 Å². The number of ether oxygens (including phenoxy) is 2. The fraction of sp³-hybridized carbons (Fsp3) is 0.267. The zero-order valence-electron chi connectivity index (χ0n) is 22.7. The van der Waals surface area contributed by atoms with Gasteiger partial charge in [0.1, 0.15) is 18.2 Å². The highest BCUT2D eigenvalue weighted by molar-refractivity contribution is 6.10. The van der Waals surface area contributed by atoms with Gasteiger partial charge in [-0.25, -0.2) is 4.39 Å². The maximum atomic E-state index is 15.4. The number of alkyl halides is 6. The molecule has 4 aromatic rings. The zero-order chi connectivity index (χ0) is 31.2. The second-order valence-electron chi connectivity index (χ2n) is 10.1. The van der Waals surface area contributed by atoms with Crippen molar-refractivity contribution in [3.8, 4) is 16.9 Å². The molecule has 3 aromatic carbocycles. The van der Waals surface area contributed by atoms with E-state index in [1.54, 1.807) is 34.2 Å². The molecule has 230 valence electrons. The number of rotatable bonds is 4. The van der Waals surface area contributed by atoms with Crippen LogP contribution in [0.25, 0.3) is 22.0 Å². The van der Waals surface area contributed by atoms with Crippen LogP contribution in [-0.2, 0) is 17.1 Å². The van der Waals surface area contributed by atoms with Crippen LogP contribution in [0.15, 0.2) is 60.8 Å². The summed E-state index contributed by atoms with van der Waals surface area (Å²) in [5, 5.41) is 1.77. The van der Waals surface area contributed by atoms with Crippen LogP contribution in [0.2, 0.25) is 0 Å². The first-order valence-corrected chi connectivity index (χ1v) is 13.5. The van der Waals surface area contributed by atoms with Gasteiger partial charge in [-0.05, 0) is 48.0 Å². The number of hydrazine groups is 1. The van der Waals surface area contributed by atoms with Crippen LogP contribution in [0.4, 0.5) is 42.1 Å². The Morgan fingerprint density at radius 2 is 1.55 bits per heavy atom. The number of hydrogen-bond donors (Lipinski definition) is 1. The van der Waals surface area contributed by atoms with Crippen LogP contribution in [0.3, 0.4) is 0 Å². The van der Waals surface area contributed by atoms with Crippen molar-refractivity contribution in [2.45, 2.75) is 12.4 Å². The number of anilines is 2. The van der Waals surface area contributed by atoms with E-state index in [1.165, 1.54) is 6.07 Å². The number of pyridine rings is 1. The molecule has 1 amide bonds. The molecule has 7 nitrogen and oxygen atoms in total. The molecule has 1 saturated heterocycles. The fourth-order valence-corrected chi connectivity index (χ4v) is 5.36. The van der Waals surface area contributed by atoms with E-state index in [0.29, 0.717) is 68.7 Å². The summed E-state index contributed by atoms with van der Waals surface area (Å²) in [6, 6.07) is 10.2. The van der Waals surface area contributed by atoms with E-state index in [2.05, 4.69) is 10.4 Å². The summed E-state index contributed by atoms with van der Waals surface area (Å²) in [7, 11) is 0. The molecule has 1 N–H and O–H groups in total. The molecule has 44 heavy (non-hydrogen) atoms. The van der Waals surface area contributed by atoms with Crippen molar-refractivity contribution in [2.75, 3.05) is 49.4 Å². The minimum atomic E-state index is -5.13. The predicted molar refractivity (Wildman–Crippen MR) is 147 cm³/mol. The molecule has 0 unspecified atom stereocenters. The molecule has 2 aliphatic rings. The van der Waals surface area contributed by atoms with Crippen LogP contribution >= 0.6 is 0 Å². The molecule has 0 radical (unpaired) electrons. The number of fused-ring (bicyclic) bond motifs is 2. The van der Waals surface area contributed by atoms with E-state index in [9.17, 15) is 31.1 Å². The summed E-state index contributed by atoms with van der Waals surface area (Å²) in [6.45, 7) is 1.82. The van der Waals surface area contributed by atoms with Crippen molar-refractivity contribution < 1.29 is 45.0 Å². The van der Waals surface area contributed by atoms with Crippen LogP contribution in [-0.4, -0.2) is 50.3 Å². The topological polar surface area (TPSA) is 66.9 Å². The molecule has 6 rings (SSSR count). The van der Waals surface area contributed by atoms with Crippen molar-refractivity contribution in [2.24, 2.45) is 0 Å². The van der Waals surface area contributed by atoms with E-state index in [1.807, 2.05) is 0 Å². The monoisotopic (exact) mass is 620 g/mol. The molecule has 0 saturated carbocycles. The number of carbonyl (C=O) groups is 1.